The number of hydrogen-bond donors (Lipinski definition) is 0. The first kappa shape index (κ1) is 20.8. The zero-order chi connectivity index (χ0) is 22.3. The molecule has 3 aromatic rings. The van der Waals surface area contributed by atoms with Crippen LogP contribution in [0.25, 0.3) is 17.0 Å². The van der Waals surface area contributed by atoms with Crippen LogP contribution < -0.4 is 14.4 Å². The average Bonchev–Trinajstić information content (AvgIpc) is 3.18. The van der Waals surface area contributed by atoms with Crippen molar-refractivity contribution in [3.8, 4) is 22.9 Å². The fraction of sp³-hybridized carbons (Fsp3) is 0.500. The number of nitrogens with zero attached hydrogens (tertiary/aromatic N) is 5. The molecule has 0 radical (unpaired) electrons. The molecule has 10 heteroatoms. The molecule has 1 aliphatic carbocycles. The standard InChI is InChI=1S/C22H24F3N5O2/c1-29-10-11-31-19-18(29)17(12-14-6-3-2-4-7-14)28-30-20(26-27-21(19)30)15-8-5-9-16(13-15)32-22(23,24)25/h5,8-9,13-14H,2-4,6-7,10-12H2,1H3. The molecule has 0 atom stereocenters. The Labute approximate surface area is 183 Å². The molecule has 0 N–H and O–H groups in total. The first-order valence-corrected chi connectivity index (χ1v) is 10.9. The van der Waals surface area contributed by atoms with Crippen molar-refractivity contribution < 1.29 is 22.6 Å². The van der Waals surface area contributed by atoms with Gasteiger partial charge in [0.15, 0.2) is 11.6 Å². The van der Waals surface area contributed by atoms with E-state index in [1.165, 1.54) is 50.3 Å². The maximum atomic E-state index is 12.7. The Kier molecular flexibility index (Phi) is 5.30. The van der Waals surface area contributed by atoms with E-state index in [1.807, 2.05) is 7.05 Å². The van der Waals surface area contributed by atoms with Crippen molar-refractivity contribution >= 4 is 11.3 Å². The van der Waals surface area contributed by atoms with Crippen LogP contribution in [0, 0.1) is 5.92 Å². The summed E-state index contributed by atoms with van der Waals surface area (Å²) in [4.78, 5) is 2.14. The Balaban J connectivity index is 1.60. The van der Waals surface area contributed by atoms with E-state index in [2.05, 4.69) is 19.8 Å². The molecule has 170 valence electrons. The lowest BCUT2D eigenvalue weighted by Crippen LogP contribution is -2.31. The number of halogens is 3. The van der Waals surface area contributed by atoms with E-state index in [9.17, 15) is 13.2 Å². The maximum absolute atomic E-state index is 12.7. The third kappa shape index (κ3) is 4.05. The van der Waals surface area contributed by atoms with Gasteiger partial charge >= 0.3 is 6.36 Å². The number of fused-ring (bicyclic) bond motifs is 3. The fourth-order valence-corrected chi connectivity index (χ4v) is 4.66. The summed E-state index contributed by atoms with van der Waals surface area (Å²) in [5.41, 5.74) is 2.73. The fourth-order valence-electron chi connectivity index (χ4n) is 4.66. The van der Waals surface area contributed by atoms with E-state index in [1.54, 1.807) is 10.6 Å². The zero-order valence-electron chi connectivity index (χ0n) is 17.7. The van der Waals surface area contributed by atoms with Crippen LogP contribution in [-0.2, 0) is 6.42 Å². The lowest BCUT2D eigenvalue weighted by Gasteiger charge is -2.30. The summed E-state index contributed by atoms with van der Waals surface area (Å²) in [5, 5.41) is 13.4. The predicted molar refractivity (Wildman–Crippen MR) is 112 cm³/mol. The summed E-state index contributed by atoms with van der Waals surface area (Å²) in [6, 6.07) is 5.69. The van der Waals surface area contributed by atoms with Crippen LogP contribution in [0.15, 0.2) is 24.3 Å². The number of ether oxygens (including phenoxy) is 2. The van der Waals surface area contributed by atoms with Gasteiger partial charge in [0.2, 0.25) is 5.65 Å². The van der Waals surface area contributed by atoms with Gasteiger partial charge in [0, 0.05) is 12.6 Å². The smallest absolute Gasteiger partial charge is 0.486 e. The van der Waals surface area contributed by atoms with Gasteiger partial charge in [0.1, 0.15) is 18.0 Å². The highest BCUT2D eigenvalue weighted by molar-refractivity contribution is 5.75. The molecule has 0 bridgehead atoms. The van der Waals surface area contributed by atoms with Gasteiger partial charge in [-0.05, 0) is 24.5 Å². The SMILES string of the molecule is CN1CCOc2c1c(CC1CCCCC1)nn1c(-c3cccc(OC(F)(F)F)c3)nnc21. The monoisotopic (exact) mass is 447 g/mol. The number of anilines is 1. The number of aromatic nitrogens is 4. The summed E-state index contributed by atoms with van der Waals surface area (Å²) < 4.78 is 49.7. The van der Waals surface area contributed by atoms with Crippen molar-refractivity contribution in [2.75, 3.05) is 25.1 Å². The van der Waals surface area contributed by atoms with Gasteiger partial charge in [-0.15, -0.1) is 23.4 Å². The summed E-state index contributed by atoms with van der Waals surface area (Å²) in [6.07, 6.45) is 2.12. The van der Waals surface area contributed by atoms with Gasteiger partial charge in [-0.2, -0.15) is 9.61 Å². The molecule has 0 saturated heterocycles. The molecule has 3 heterocycles. The molecular formula is C22H24F3N5O2. The largest absolute Gasteiger partial charge is 0.573 e. The molecule has 0 spiro atoms. The van der Waals surface area contributed by atoms with E-state index in [4.69, 9.17) is 9.84 Å². The Morgan fingerprint density at radius 2 is 1.97 bits per heavy atom. The van der Waals surface area contributed by atoms with Crippen LogP contribution in [0.2, 0.25) is 0 Å². The Hall–Kier alpha value is -3.04. The van der Waals surface area contributed by atoms with Crippen LogP contribution in [0.4, 0.5) is 18.9 Å². The van der Waals surface area contributed by atoms with Crippen molar-refractivity contribution in [2.45, 2.75) is 44.9 Å². The van der Waals surface area contributed by atoms with E-state index in [0.29, 0.717) is 35.3 Å². The highest BCUT2D eigenvalue weighted by atomic mass is 19.4. The molecule has 7 nitrogen and oxygen atoms in total. The van der Waals surface area contributed by atoms with Gasteiger partial charge in [-0.3, -0.25) is 0 Å². The second-order valence-corrected chi connectivity index (χ2v) is 8.44. The third-order valence-electron chi connectivity index (χ3n) is 6.14. The van der Waals surface area contributed by atoms with Gasteiger partial charge in [-0.25, -0.2) is 0 Å². The molecule has 2 aliphatic rings. The topological polar surface area (TPSA) is 64.8 Å². The van der Waals surface area contributed by atoms with Crippen LogP contribution >= 0.6 is 0 Å². The number of alkyl halides is 3. The molecule has 1 aliphatic heterocycles. The Morgan fingerprint density at radius 1 is 1.16 bits per heavy atom. The second-order valence-electron chi connectivity index (χ2n) is 8.44. The normalized spacial score (nSPS) is 17.3. The third-order valence-corrected chi connectivity index (χ3v) is 6.14. The number of rotatable bonds is 4. The lowest BCUT2D eigenvalue weighted by atomic mass is 9.85. The summed E-state index contributed by atoms with van der Waals surface area (Å²) >= 11 is 0. The van der Waals surface area contributed by atoms with Crippen LogP contribution in [0.5, 0.6) is 11.5 Å². The number of hydrogen-bond acceptors (Lipinski definition) is 6. The summed E-state index contributed by atoms with van der Waals surface area (Å²) in [6.45, 7) is 1.27. The average molecular weight is 447 g/mol. The molecule has 1 aromatic carbocycles. The predicted octanol–water partition coefficient (Wildman–Crippen LogP) is 4.64. The summed E-state index contributed by atoms with van der Waals surface area (Å²) in [5.74, 6) is 1.21. The van der Waals surface area contributed by atoms with Crippen molar-refractivity contribution in [3.05, 3.63) is 30.0 Å². The zero-order valence-corrected chi connectivity index (χ0v) is 17.7. The Bertz CT molecular complexity index is 1120. The minimum Gasteiger partial charge on any atom is -0.486 e. The molecule has 1 saturated carbocycles. The first-order valence-electron chi connectivity index (χ1n) is 10.9. The van der Waals surface area contributed by atoms with Gasteiger partial charge < -0.3 is 14.4 Å². The van der Waals surface area contributed by atoms with Gasteiger partial charge in [0.05, 0.1) is 12.2 Å². The van der Waals surface area contributed by atoms with Crippen molar-refractivity contribution in [1.29, 1.82) is 0 Å². The molecule has 0 unspecified atom stereocenters. The van der Waals surface area contributed by atoms with Gasteiger partial charge in [-0.1, -0.05) is 44.2 Å². The highest BCUT2D eigenvalue weighted by Gasteiger charge is 2.32. The van der Waals surface area contributed by atoms with Crippen LogP contribution in [-0.4, -0.2) is 46.4 Å². The van der Waals surface area contributed by atoms with E-state index >= 15 is 0 Å². The second kappa shape index (κ2) is 8.14. The molecular weight excluding hydrogens is 423 g/mol. The van der Waals surface area contributed by atoms with Gasteiger partial charge in [0.25, 0.3) is 0 Å². The van der Waals surface area contributed by atoms with Crippen molar-refractivity contribution in [1.82, 2.24) is 19.8 Å². The minimum atomic E-state index is -4.77. The van der Waals surface area contributed by atoms with E-state index in [-0.39, 0.29) is 5.75 Å². The molecule has 1 fully saturated rings. The molecule has 5 rings (SSSR count). The molecule has 0 amide bonds. The van der Waals surface area contributed by atoms with E-state index in [0.717, 1.165) is 24.3 Å². The highest BCUT2D eigenvalue weighted by Crippen LogP contribution is 2.40. The summed E-state index contributed by atoms with van der Waals surface area (Å²) in [7, 11) is 2.01. The quantitative estimate of drug-likeness (QED) is 0.581. The van der Waals surface area contributed by atoms with Crippen molar-refractivity contribution in [3.63, 3.8) is 0 Å². The number of benzene rings is 1. The minimum absolute atomic E-state index is 0.317. The Morgan fingerprint density at radius 3 is 2.75 bits per heavy atom. The first-order chi connectivity index (χ1) is 15.4. The maximum Gasteiger partial charge on any atom is 0.573 e. The lowest BCUT2D eigenvalue weighted by molar-refractivity contribution is -0.274. The van der Waals surface area contributed by atoms with E-state index < -0.39 is 6.36 Å². The van der Waals surface area contributed by atoms with Crippen molar-refractivity contribution in [2.24, 2.45) is 5.92 Å². The molecule has 2 aromatic heterocycles. The molecule has 32 heavy (non-hydrogen) atoms. The number of likely N-dealkylation sites (N-methyl/N-ethyl adjacent to an activating group) is 1. The van der Waals surface area contributed by atoms with Crippen LogP contribution in [0.3, 0.4) is 0 Å². The van der Waals surface area contributed by atoms with Crippen LogP contribution in [0.1, 0.15) is 37.8 Å².